The molecule has 2 rings (SSSR count). The first-order valence-corrected chi connectivity index (χ1v) is 6.47. The number of hydrogen-bond acceptors (Lipinski definition) is 3. The van der Waals surface area contributed by atoms with Crippen LogP contribution in [0.2, 0.25) is 0 Å². The summed E-state index contributed by atoms with van der Waals surface area (Å²) >= 11 is 2.08. The van der Waals surface area contributed by atoms with Crippen molar-refractivity contribution in [1.29, 1.82) is 0 Å². The van der Waals surface area contributed by atoms with Crippen LogP contribution in [-0.2, 0) is 16.4 Å². The second-order valence-corrected chi connectivity index (χ2v) is 4.76. The van der Waals surface area contributed by atoms with Crippen LogP contribution in [0, 0.1) is 3.57 Å². The Morgan fingerprint density at radius 3 is 2.39 bits per heavy atom. The third-order valence-corrected chi connectivity index (χ3v) is 3.24. The van der Waals surface area contributed by atoms with Gasteiger partial charge < -0.3 is 0 Å². The van der Waals surface area contributed by atoms with Crippen molar-refractivity contribution >= 4 is 28.6 Å². The molecule has 0 bridgehead atoms. The van der Waals surface area contributed by atoms with Crippen LogP contribution < -0.4 is 0 Å². The van der Waals surface area contributed by atoms with Crippen LogP contribution in [0.1, 0.15) is 15.9 Å². The van der Waals surface area contributed by atoms with Gasteiger partial charge in [-0.15, -0.1) is 0 Å². The van der Waals surface area contributed by atoms with E-state index in [0.29, 0.717) is 5.56 Å². The van der Waals surface area contributed by atoms with Crippen molar-refractivity contribution in [3.63, 3.8) is 0 Å². The minimum atomic E-state index is -0.476. The summed E-state index contributed by atoms with van der Waals surface area (Å²) in [6.45, 7) is 0.246. The van der Waals surface area contributed by atoms with Gasteiger partial charge in [0.05, 0.1) is 5.56 Å². The lowest BCUT2D eigenvalue weighted by Gasteiger charge is -2.05. The highest BCUT2D eigenvalue weighted by atomic mass is 127. The summed E-state index contributed by atoms with van der Waals surface area (Å²) in [5.74, 6) is -0.476. The Labute approximate surface area is 119 Å². The van der Waals surface area contributed by atoms with Crippen LogP contribution in [0.5, 0.6) is 0 Å². The molecule has 0 fully saturated rings. The average Bonchev–Trinajstić information content (AvgIpc) is 2.40. The van der Waals surface area contributed by atoms with Gasteiger partial charge in [0.25, 0.3) is 0 Å². The van der Waals surface area contributed by atoms with E-state index in [1.54, 1.807) is 12.1 Å². The van der Waals surface area contributed by atoms with Crippen LogP contribution in [-0.4, -0.2) is 5.97 Å². The van der Waals surface area contributed by atoms with Crippen molar-refractivity contribution in [2.24, 2.45) is 0 Å². The number of hydrogen-bond donors (Lipinski definition) is 0. The van der Waals surface area contributed by atoms with Gasteiger partial charge in [0, 0.05) is 3.57 Å². The van der Waals surface area contributed by atoms with Crippen molar-refractivity contribution in [2.45, 2.75) is 6.61 Å². The molecule has 0 saturated carbocycles. The van der Waals surface area contributed by atoms with E-state index in [-0.39, 0.29) is 6.61 Å². The molecule has 2 aromatic rings. The summed E-state index contributed by atoms with van der Waals surface area (Å²) in [7, 11) is 0. The van der Waals surface area contributed by atoms with E-state index in [9.17, 15) is 4.79 Å². The maximum Gasteiger partial charge on any atom is 0.374 e. The van der Waals surface area contributed by atoms with Crippen LogP contribution >= 0.6 is 22.6 Å². The summed E-state index contributed by atoms with van der Waals surface area (Å²) in [5, 5.41) is 0. The predicted molar refractivity (Wildman–Crippen MR) is 75.8 cm³/mol. The molecule has 0 aliphatic heterocycles. The van der Waals surface area contributed by atoms with E-state index in [4.69, 9.17) is 9.78 Å². The first-order chi connectivity index (χ1) is 8.77. The molecule has 2 aromatic carbocycles. The number of rotatable bonds is 4. The Morgan fingerprint density at radius 1 is 1.00 bits per heavy atom. The van der Waals surface area contributed by atoms with E-state index >= 15 is 0 Å². The smallest absolute Gasteiger partial charge is 0.292 e. The van der Waals surface area contributed by atoms with E-state index in [1.165, 1.54) is 0 Å². The van der Waals surface area contributed by atoms with E-state index in [2.05, 4.69) is 22.6 Å². The summed E-state index contributed by atoms with van der Waals surface area (Å²) in [5.41, 5.74) is 1.46. The Kier molecular flexibility index (Phi) is 4.72. The quantitative estimate of drug-likeness (QED) is 0.478. The van der Waals surface area contributed by atoms with Crippen molar-refractivity contribution in [2.75, 3.05) is 0 Å². The van der Waals surface area contributed by atoms with Gasteiger partial charge in [-0.3, -0.25) is 4.89 Å². The second-order valence-electron chi connectivity index (χ2n) is 3.60. The summed E-state index contributed by atoms with van der Waals surface area (Å²) in [6.07, 6.45) is 0. The molecular formula is C14H11IO3. The van der Waals surface area contributed by atoms with E-state index < -0.39 is 5.97 Å². The van der Waals surface area contributed by atoms with Gasteiger partial charge >= 0.3 is 5.97 Å². The van der Waals surface area contributed by atoms with Crippen molar-refractivity contribution in [3.8, 4) is 0 Å². The molecule has 0 heterocycles. The summed E-state index contributed by atoms with van der Waals surface area (Å²) < 4.78 is 0.836. The molecule has 18 heavy (non-hydrogen) atoms. The molecule has 0 aliphatic carbocycles. The Hall–Kier alpha value is -1.40. The number of carbonyl (C=O) groups excluding carboxylic acids is 1. The number of carbonyl (C=O) groups is 1. The SMILES string of the molecule is O=C(OOCc1ccccc1)c1ccccc1I. The molecule has 0 radical (unpaired) electrons. The second kappa shape index (κ2) is 6.51. The van der Waals surface area contributed by atoms with Gasteiger partial charge in [-0.05, 0) is 40.3 Å². The highest BCUT2D eigenvalue weighted by Gasteiger charge is 2.11. The Morgan fingerprint density at radius 2 is 1.67 bits per heavy atom. The molecule has 92 valence electrons. The zero-order chi connectivity index (χ0) is 12.8. The maximum absolute atomic E-state index is 11.7. The third kappa shape index (κ3) is 3.54. The molecule has 0 N–H and O–H groups in total. The van der Waals surface area contributed by atoms with Crippen LogP contribution in [0.3, 0.4) is 0 Å². The Bertz CT molecular complexity index is 526. The lowest BCUT2D eigenvalue weighted by molar-refractivity contribution is -0.250. The third-order valence-electron chi connectivity index (χ3n) is 2.30. The summed E-state index contributed by atoms with van der Waals surface area (Å²) in [4.78, 5) is 21.4. The topological polar surface area (TPSA) is 35.5 Å². The van der Waals surface area contributed by atoms with Crippen LogP contribution in [0.25, 0.3) is 0 Å². The number of benzene rings is 2. The van der Waals surface area contributed by atoms with Gasteiger partial charge in [-0.25, -0.2) is 4.79 Å². The maximum atomic E-state index is 11.7. The molecular weight excluding hydrogens is 343 g/mol. The highest BCUT2D eigenvalue weighted by Crippen LogP contribution is 2.13. The van der Waals surface area contributed by atoms with E-state index in [0.717, 1.165) is 9.13 Å². The van der Waals surface area contributed by atoms with Crippen molar-refractivity contribution in [1.82, 2.24) is 0 Å². The van der Waals surface area contributed by atoms with Crippen molar-refractivity contribution < 1.29 is 14.6 Å². The van der Waals surface area contributed by atoms with Crippen LogP contribution in [0.15, 0.2) is 54.6 Å². The fraction of sp³-hybridized carbons (Fsp3) is 0.0714. The molecule has 0 atom stereocenters. The zero-order valence-corrected chi connectivity index (χ0v) is 11.7. The minimum absolute atomic E-state index is 0.246. The minimum Gasteiger partial charge on any atom is -0.292 e. The molecule has 0 unspecified atom stereocenters. The molecule has 0 spiro atoms. The zero-order valence-electron chi connectivity index (χ0n) is 9.51. The fourth-order valence-corrected chi connectivity index (χ4v) is 2.00. The molecule has 0 saturated heterocycles. The lowest BCUT2D eigenvalue weighted by atomic mass is 10.2. The van der Waals surface area contributed by atoms with Gasteiger partial charge in [0.1, 0.15) is 6.61 Å². The molecule has 0 aromatic heterocycles. The Balaban J connectivity index is 1.88. The van der Waals surface area contributed by atoms with Gasteiger partial charge in [0.2, 0.25) is 0 Å². The first kappa shape index (κ1) is 13.0. The standard InChI is InChI=1S/C14H11IO3/c15-13-9-5-4-8-12(13)14(16)18-17-10-11-6-2-1-3-7-11/h1-9H,10H2. The largest absolute Gasteiger partial charge is 0.374 e. The van der Waals surface area contributed by atoms with Crippen molar-refractivity contribution in [3.05, 3.63) is 69.3 Å². The van der Waals surface area contributed by atoms with Gasteiger partial charge in [-0.2, -0.15) is 4.89 Å². The molecule has 3 nitrogen and oxygen atoms in total. The fourth-order valence-electron chi connectivity index (χ4n) is 1.40. The van der Waals surface area contributed by atoms with E-state index in [1.807, 2.05) is 42.5 Å². The predicted octanol–water partition coefficient (Wildman–Crippen LogP) is 3.58. The monoisotopic (exact) mass is 354 g/mol. The number of halogens is 1. The van der Waals surface area contributed by atoms with Crippen LogP contribution in [0.4, 0.5) is 0 Å². The molecule has 4 heteroatoms. The van der Waals surface area contributed by atoms with Gasteiger partial charge in [-0.1, -0.05) is 42.5 Å². The van der Waals surface area contributed by atoms with Gasteiger partial charge in [0.15, 0.2) is 0 Å². The molecule has 0 amide bonds. The highest BCUT2D eigenvalue weighted by molar-refractivity contribution is 14.1. The summed E-state index contributed by atoms with van der Waals surface area (Å²) in [6, 6.07) is 16.7. The lowest BCUT2D eigenvalue weighted by Crippen LogP contribution is -2.07. The molecule has 0 aliphatic rings. The normalized spacial score (nSPS) is 10.1. The first-order valence-electron chi connectivity index (χ1n) is 5.39. The average molecular weight is 354 g/mol.